The maximum atomic E-state index is 12.0. The lowest BCUT2D eigenvalue weighted by molar-refractivity contribution is 0.0994. The third kappa shape index (κ3) is 2.20. The van der Waals surface area contributed by atoms with Gasteiger partial charge in [0.2, 0.25) is 0 Å². The standard InChI is InChI=1S/C13H15N3O2/c1-3-16-12(8-9-15(16)2)14-13(18)10-6-4-5-7-11(10)17/h4-9,17H,3H2,1-2H3. The number of phenols is 1. The molecule has 0 fully saturated rings. The number of carbonyl (C=O) groups is 1. The summed E-state index contributed by atoms with van der Waals surface area (Å²) in [5.74, 6) is -0.494. The van der Waals surface area contributed by atoms with Gasteiger partial charge in [-0.2, -0.15) is 4.99 Å². The van der Waals surface area contributed by atoms with Crippen molar-refractivity contribution in [2.45, 2.75) is 13.5 Å². The number of phenolic OH excluding ortho intramolecular Hbond substituents is 1. The van der Waals surface area contributed by atoms with Crippen LogP contribution in [0, 0.1) is 0 Å². The fourth-order valence-electron chi connectivity index (χ4n) is 1.80. The van der Waals surface area contributed by atoms with Gasteiger partial charge in [0, 0.05) is 25.9 Å². The number of nitrogens with zero attached hydrogens (tertiary/aromatic N) is 3. The molecule has 1 aromatic carbocycles. The average molecular weight is 245 g/mol. The van der Waals surface area contributed by atoms with E-state index in [1.165, 1.54) is 6.07 Å². The molecule has 1 N–H and O–H groups in total. The molecule has 5 nitrogen and oxygen atoms in total. The van der Waals surface area contributed by atoms with Crippen molar-refractivity contribution in [1.82, 2.24) is 9.36 Å². The van der Waals surface area contributed by atoms with Crippen molar-refractivity contribution in [2.75, 3.05) is 0 Å². The molecule has 18 heavy (non-hydrogen) atoms. The van der Waals surface area contributed by atoms with Gasteiger partial charge in [0.25, 0.3) is 5.91 Å². The number of carbonyl (C=O) groups excluding carboxylic acids is 1. The molecule has 0 aliphatic rings. The van der Waals surface area contributed by atoms with Crippen LogP contribution in [0.5, 0.6) is 5.75 Å². The molecule has 0 spiro atoms. The molecule has 0 atom stereocenters. The topological polar surface area (TPSA) is 59.5 Å². The maximum Gasteiger partial charge on any atom is 0.282 e. The van der Waals surface area contributed by atoms with E-state index in [1.807, 2.05) is 29.5 Å². The fraction of sp³-hybridized carbons (Fsp3) is 0.231. The van der Waals surface area contributed by atoms with Gasteiger partial charge in [-0.1, -0.05) is 12.1 Å². The molecular formula is C13H15N3O2. The molecule has 0 saturated heterocycles. The number of aromatic hydroxyl groups is 1. The normalized spacial score (nSPS) is 11.8. The first-order chi connectivity index (χ1) is 8.63. The molecule has 94 valence electrons. The molecule has 0 saturated carbocycles. The Morgan fingerprint density at radius 2 is 2.06 bits per heavy atom. The van der Waals surface area contributed by atoms with E-state index in [0.717, 1.165) is 6.54 Å². The Morgan fingerprint density at radius 3 is 2.72 bits per heavy atom. The van der Waals surface area contributed by atoms with E-state index < -0.39 is 5.91 Å². The zero-order valence-electron chi connectivity index (χ0n) is 10.4. The molecule has 2 rings (SSSR count). The predicted molar refractivity (Wildman–Crippen MR) is 67.1 cm³/mol. The molecule has 0 aliphatic heterocycles. The summed E-state index contributed by atoms with van der Waals surface area (Å²) in [7, 11) is 1.88. The van der Waals surface area contributed by atoms with E-state index in [4.69, 9.17) is 0 Å². The van der Waals surface area contributed by atoms with Crippen LogP contribution < -0.4 is 5.49 Å². The minimum Gasteiger partial charge on any atom is -0.507 e. The number of para-hydroxylation sites is 1. The van der Waals surface area contributed by atoms with Crippen LogP contribution in [0.2, 0.25) is 0 Å². The van der Waals surface area contributed by atoms with Crippen molar-refractivity contribution >= 4 is 5.91 Å². The lowest BCUT2D eigenvalue weighted by Crippen LogP contribution is -2.22. The fourth-order valence-corrected chi connectivity index (χ4v) is 1.80. The SMILES string of the molecule is CCn1c(=NC(=O)c2ccccc2O)ccn1C. The molecule has 0 aliphatic carbocycles. The maximum absolute atomic E-state index is 12.0. The Bertz CT molecular complexity index is 638. The summed E-state index contributed by atoms with van der Waals surface area (Å²) in [6.07, 6.45) is 1.83. The quantitative estimate of drug-likeness (QED) is 0.866. The largest absolute Gasteiger partial charge is 0.507 e. The molecule has 1 amide bonds. The number of benzene rings is 1. The first kappa shape index (κ1) is 12.2. The lowest BCUT2D eigenvalue weighted by Gasteiger charge is -2.04. The van der Waals surface area contributed by atoms with Gasteiger partial charge >= 0.3 is 0 Å². The Kier molecular flexibility index (Phi) is 3.32. The molecule has 0 unspecified atom stereocenters. The first-order valence-corrected chi connectivity index (χ1v) is 5.73. The number of rotatable bonds is 2. The van der Waals surface area contributed by atoms with Gasteiger partial charge in [0.1, 0.15) is 5.75 Å². The second-order valence-corrected chi connectivity index (χ2v) is 3.90. The number of hydrogen-bond donors (Lipinski definition) is 1. The number of aryl methyl sites for hydroxylation is 1. The Hall–Kier alpha value is -2.30. The summed E-state index contributed by atoms with van der Waals surface area (Å²) >= 11 is 0. The minimum atomic E-state index is -0.443. The predicted octanol–water partition coefficient (Wildman–Crippen LogP) is 1.29. The molecule has 1 heterocycles. The highest BCUT2D eigenvalue weighted by atomic mass is 16.3. The smallest absolute Gasteiger partial charge is 0.282 e. The van der Waals surface area contributed by atoms with Gasteiger partial charge in [0.05, 0.1) is 5.56 Å². The van der Waals surface area contributed by atoms with Crippen molar-refractivity contribution in [3.8, 4) is 5.75 Å². The summed E-state index contributed by atoms with van der Waals surface area (Å²) in [6, 6.07) is 8.16. The molecule has 5 heteroatoms. The minimum absolute atomic E-state index is 0.0507. The summed E-state index contributed by atoms with van der Waals surface area (Å²) in [6.45, 7) is 2.69. The van der Waals surface area contributed by atoms with Crippen molar-refractivity contribution < 1.29 is 9.90 Å². The van der Waals surface area contributed by atoms with Crippen molar-refractivity contribution in [3.63, 3.8) is 0 Å². The first-order valence-electron chi connectivity index (χ1n) is 5.73. The lowest BCUT2D eigenvalue weighted by atomic mass is 10.2. The Morgan fingerprint density at radius 1 is 1.33 bits per heavy atom. The summed E-state index contributed by atoms with van der Waals surface area (Å²) in [4.78, 5) is 16.0. The van der Waals surface area contributed by atoms with E-state index in [9.17, 15) is 9.90 Å². The van der Waals surface area contributed by atoms with Crippen LogP contribution in [0.15, 0.2) is 41.5 Å². The van der Waals surface area contributed by atoms with Crippen LogP contribution in [-0.2, 0) is 13.6 Å². The monoisotopic (exact) mass is 245 g/mol. The van der Waals surface area contributed by atoms with Gasteiger partial charge in [-0.15, -0.1) is 0 Å². The van der Waals surface area contributed by atoms with E-state index in [-0.39, 0.29) is 11.3 Å². The Balaban J connectivity index is 2.45. The average Bonchev–Trinajstić information content (AvgIpc) is 2.70. The summed E-state index contributed by atoms with van der Waals surface area (Å²) < 4.78 is 3.72. The van der Waals surface area contributed by atoms with Gasteiger partial charge in [-0.3, -0.25) is 14.2 Å². The molecule has 0 bridgehead atoms. The van der Waals surface area contributed by atoms with Crippen LogP contribution in [0.25, 0.3) is 0 Å². The van der Waals surface area contributed by atoms with Crippen LogP contribution in [0.1, 0.15) is 17.3 Å². The van der Waals surface area contributed by atoms with Crippen molar-refractivity contribution in [1.29, 1.82) is 0 Å². The van der Waals surface area contributed by atoms with Crippen LogP contribution in [0.3, 0.4) is 0 Å². The number of hydrogen-bond acceptors (Lipinski definition) is 2. The highest BCUT2D eigenvalue weighted by Gasteiger charge is 2.09. The molecule has 0 radical (unpaired) electrons. The van der Waals surface area contributed by atoms with Crippen molar-refractivity contribution in [2.24, 2.45) is 12.0 Å². The van der Waals surface area contributed by atoms with Crippen molar-refractivity contribution in [3.05, 3.63) is 47.6 Å². The van der Waals surface area contributed by atoms with E-state index in [0.29, 0.717) is 5.49 Å². The van der Waals surface area contributed by atoms with E-state index >= 15 is 0 Å². The summed E-state index contributed by atoms with van der Waals surface area (Å²) in [5.41, 5.74) is 0.789. The van der Waals surface area contributed by atoms with Gasteiger partial charge in [-0.25, -0.2) is 0 Å². The van der Waals surface area contributed by atoms with Gasteiger partial charge < -0.3 is 5.11 Å². The third-order valence-electron chi connectivity index (χ3n) is 2.73. The van der Waals surface area contributed by atoms with Crippen LogP contribution >= 0.6 is 0 Å². The number of aromatic nitrogens is 2. The highest BCUT2D eigenvalue weighted by molar-refractivity contribution is 5.97. The van der Waals surface area contributed by atoms with E-state index in [1.54, 1.807) is 24.3 Å². The summed E-state index contributed by atoms with van der Waals surface area (Å²) in [5, 5.41) is 9.60. The molecular weight excluding hydrogens is 230 g/mol. The van der Waals surface area contributed by atoms with Crippen LogP contribution in [-0.4, -0.2) is 20.4 Å². The van der Waals surface area contributed by atoms with E-state index in [2.05, 4.69) is 4.99 Å². The molecule has 2 aromatic rings. The van der Waals surface area contributed by atoms with Crippen LogP contribution in [0.4, 0.5) is 0 Å². The second kappa shape index (κ2) is 4.91. The van der Waals surface area contributed by atoms with Gasteiger partial charge in [0.15, 0.2) is 5.49 Å². The highest BCUT2D eigenvalue weighted by Crippen LogP contribution is 2.15. The molecule has 1 aromatic heterocycles. The third-order valence-corrected chi connectivity index (χ3v) is 2.73. The zero-order valence-corrected chi connectivity index (χ0v) is 10.4. The number of amides is 1. The van der Waals surface area contributed by atoms with Gasteiger partial charge in [-0.05, 0) is 19.1 Å². The Labute approximate surface area is 105 Å². The second-order valence-electron chi connectivity index (χ2n) is 3.90. The zero-order chi connectivity index (χ0) is 13.1.